The van der Waals surface area contributed by atoms with E-state index in [0.717, 1.165) is 10.9 Å². The fourth-order valence-corrected chi connectivity index (χ4v) is 2.08. The number of carbonyl (C=O) groups is 1. The second kappa shape index (κ2) is 4.49. The normalized spacial score (nSPS) is 10.4. The summed E-state index contributed by atoms with van der Waals surface area (Å²) in [6.45, 7) is 2.20. The molecule has 0 aromatic carbocycles. The average Bonchev–Trinajstić information content (AvgIpc) is 2.86. The van der Waals surface area contributed by atoms with Gasteiger partial charge in [-0.3, -0.25) is 4.79 Å². The molecule has 0 aliphatic heterocycles. The van der Waals surface area contributed by atoms with Gasteiger partial charge in [-0.05, 0) is 12.1 Å². The van der Waals surface area contributed by atoms with Gasteiger partial charge >= 0.3 is 0 Å². The zero-order valence-corrected chi connectivity index (χ0v) is 9.95. The van der Waals surface area contributed by atoms with Gasteiger partial charge in [0.25, 0.3) is 0 Å². The number of aromatic nitrogens is 1. The second-order valence-electron chi connectivity index (χ2n) is 3.50. The summed E-state index contributed by atoms with van der Waals surface area (Å²) in [6.07, 6.45) is 3.26. The maximum atomic E-state index is 11.1. The molecule has 84 valence electrons. The first-order valence-electron chi connectivity index (χ1n) is 4.87. The Labute approximate surface area is 97.5 Å². The molecule has 0 aliphatic carbocycles. The van der Waals surface area contributed by atoms with E-state index in [1.165, 1.54) is 11.3 Å². The minimum absolute atomic E-state index is 0.0511. The van der Waals surface area contributed by atoms with E-state index in [9.17, 15) is 4.79 Å². The molecular formula is C11H12N2O2S. The van der Waals surface area contributed by atoms with Crippen LogP contribution < -0.4 is 4.90 Å². The van der Waals surface area contributed by atoms with Crippen LogP contribution in [0.4, 0.5) is 5.13 Å². The van der Waals surface area contributed by atoms with Crippen LogP contribution >= 0.6 is 11.3 Å². The van der Waals surface area contributed by atoms with Crippen molar-refractivity contribution in [2.45, 2.75) is 13.5 Å². The Morgan fingerprint density at radius 3 is 3.00 bits per heavy atom. The van der Waals surface area contributed by atoms with Gasteiger partial charge in [-0.1, -0.05) is 11.3 Å². The molecule has 5 heteroatoms. The highest BCUT2D eigenvalue weighted by Gasteiger charge is 2.10. The van der Waals surface area contributed by atoms with E-state index >= 15 is 0 Å². The van der Waals surface area contributed by atoms with Gasteiger partial charge in [0.2, 0.25) is 0 Å². The lowest BCUT2D eigenvalue weighted by molar-refractivity contribution is 0.102. The summed E-state index contributed by atoms with van der Waals surface area (Å²) in [4.78, 5) is 18.0. The van der Waals surface area contributed by atoms with Crippen LogP contribution in [0.5, 0.6) is 0 Å². The number of carbonyl (C=O) groups excluding carboxylic acids is 1. The highest BCUT2D eigenvalue weighted by molar-refractivity contribution is 7.17. The third-order valence-corrected chi connectivity index (χ3v) is 3.35. The summed E-state index contributed by atoms with van der Waals surface area (Å²) in [5.74, 6) is 0.928. The number of nitrogens with zero attached hydrogens (tertiary/aromatic N) is 2. The van der Waals surface area contributed by atoms with Crippen molar-refractivity contribution in [2.75, 3.05) is 11.9 Å². The minimum atomic E-state index is 0.0511. The van der Waals surface area contributed by atoms with Crippen molar-refractivity contribution in [3.05, 3.63) is 35.2 Å². The van der Waals surface area contributed by atoms with Gasteiger partial charge in [-0.25, -0.2) is 4.98 Å². The monoisotopic (exact) mass is 236 g/mol. The van der Waals surface area contributed by atoms with E-state index in [-0.39, 0.29) is 5.78 Å². The molecule has 2 aromatic rings. The number of hydrogen-bond acceptors (Lipinski definition) is 5. The van der Waals surface area contributed by atoms with E-state index in [1.54, 1.807) is 19.4 Å². The largest absolute Gasteiger partial charge is 0.467 e. The zero-order valence-electron chi connectivity index (χ0n) is 9.14. The number of ketones is 1. The predicted octanol–water partition coefficient (Wildman–Crippen LogP) is 2.58. The van der Waals surface area contributed by atoms with Gasteiger partial charge in [-0.2, -0.15) is 0 Å². The Morgan fingerprint density at radius 1 is 1.62 bits per heavy atom. The number of thiazole rings is 1. The van der Waals surface area contributed by atoms with E-state index in [0.29, 0.717) is 11.4 Å². The summed E-state index contributed by atoms with van der Waals surface area (Å²) in [5, 5.41) is 0.821. The first-order chi connectivity index (χ1) is 7.66. The van der Waals surface area contributed by atoms with E-state index in [2.05, 4.69) is 4.98 Å². The molecule has 0 saturated carbocycles. The van der Waals surface area contributed by atoms with Crippen molar-refractivity contribution in [1.82, 2.24) is 4.98 Å². The van der Waals surface area contributed by atoms with Crippen molar-refractivity contribution in [2.24, 2.45) is 0 Å². The lowest BCUT2D eigenvalue weighted by Crippen LogP contribution is -2.15. The smallest absolute Gasteiger partial charge is 0.186 e. The number of hydrogen-bond donors (Lipinski definition) is 0. The van der Waals surface area contributed by atoms with Crippen LogP contribution in [-0.4, -0.2) is 17.8 Å². The summed E-state index contributed by atoms with van der Waals surface area (Å²) in [6, 6.07) is 3.77. The topological polar surface area (TPSA) is 46.3 Å². The van der Waals surface area contributed by atoms with Gasteiger partial charge in [-0.15, -0.1) is 0 Å². The average molecular weight is 236 g/mol. The van der Waals surface area contributed by atoms with Gasteiger partial charge in [0, 0.05) is 14.0 Å². The molecule has 0 aliphatic rings. The summed E-state index contributed by atoms with van der Waals surface area (Å²) >= 11 is 1.39. The molecule has 0 atom stereocenters. The van der Waals surface area contributed by atoms with Crippen molar-refractivity contribution in [1.29, 1.82) is 0 Å². The van der Waals surface area contributed by atoms with Gasteiger partial charge in [0.05, 0.1) is 23.9 Å². The lowest BCUT2D eigenvalue weighted by atomic mass is 10.4. The molecule has 0 amide bonds. The molecule has 0 fully saturated rings. The second-order valence-corrected chi connectivity index (χ2v) is 4.51. The standard InChI is InChI=1S/C11H12N2O2S/c1-8(14)10-6-12-11(16-10)13(2)7-9-4-3-5-15-9/h3-6H,7H2,1-2H3. The first kappa shape index (κ1) is 10.9. The third kappa shape index (κ3) is 2.30. The number of rotatable bonds is 4. The summed E-state index contributed by atoms with van der Waals surface area (Å²) in [7, 11) is 1.92. The molecule has 2 rings (SSSR count). The maximum Gasteiger partial charge on any atom is 0.186 e. The van der Waals surface area contributed by atoms with Crippen LogP contribution in [-0.2, 0) is 6.54 Å². The molecule has 16 heavy (non-hydrogen) atoms. The van der Waals surface area contributed by atoms with Crippen molar-refractivity contribution >= 4 is 22.3 Å². The highest BCUT2D eigenvalue weighted by atomic mass is 32.1. The molecule has 0 saturated heterocycles. The molecule has 2 aromatic heterocycles. The Kier molecular flexibility index (Phi) is 3.05. The molecule has 0 radical (unpaired) electrons. The lowest BCUT2D eigenvalue weighted by Gasteiger charge is -2.13. The maximum absolute atomic E-state index is 11.1. The Hall–Kier alpha value is -1.62. The molecule has 0 N–H and O–H groups in total. The molecule has 0 bridgehead atoms. The Morgan fingerprint density at radius 2 is 2.44 bits per heavy atom. The fourth-order valence-electron chi connectivity index (χ4n) is 1.31. The quantitative estimate of drug-likeness (QED) is 0.765. The van der Waals surface area contributed by atoms with Crippen molar-refractivity contribution in [3.8, 4) is 0 Å². The van der Waals surface area contributed by atoms with Crippen LogP contribution in [0.25, 0.3) is 0 Å². The summed E-state index contributed by atoms with van der Waals surface area (Å²) < 4.78 is 5.25. The van der Waals surface area contributed by atoms with Crippen molar-refractivity contribution < 1.29 is 9.21 Å². The summed E-state index contributed by atoms with van der Waals surface area (Å²) in [5.41, 5.74) is 0. The van der Waals surface area contributed by atoms with Gasteiger partial charge in [0.15, 0.2) is 10.9 Å². The Bertz CT molecular complexity index is 476. The van der Waals surface area contributed by atoms with Gasteiger partial charge in [0.1, 0.15) is 5.76 Å². The van der Waals surface area contributed by atoms with Crippen LogP contribution in [0.15, 0.2) is 29.0 Å². The van der Waals surface area contributed by atoms with Crippen LogP contribution in [0.2, 0.25) is 0 Å². The Balaban J connectivity index is 2.08. The van der Waals surface area contributed by atoms with Gasteiger partial charge < -0.3 is 9.32 Å². The fraction of sp³-hybridized carbons (Fsp3) is 0.273. The highest BCUT2D eigenvalue weighted by Crippen LogP contribution is 2.23. The third-order valence-electron chi connectivity index (χ3n) is 2.14. The SMILES string of the molecule is CC(=O)c1cnc(N(C)Cc2ccco2)s1. The van der Waals surface area contributed by atoms with E-state index in [1.807, 2.05) is 24.1 Å². The van der Waals surface area contributed by atoms with E-state index < -0.39 is 0 Å². The minimum Gasteiger partial charge on any atom is -0.467 e. The van der Waals surface area contributed by atoms with Crippen LogP contribution in [0, 0.1) is 0 Å². The number of furan rings is 1. The van der Waals surface area contributed by atoms with Crippen LogP contribution in [0.1, 0.15) is 22.4 Å². The number of Topliss-reactive ketones (excluding diaryl/α,β-unsaturated/α-hetero) is 1. The zero-order chi connectivity index (χ0) is 11.5. The first-order valence-corrected chi connectivity index (χ1v) is 5.69. The van der Waals surface area contributed by atoms with E-state index in [4.69, 9.17) is 4.42 Å². The molecule has 0 spiro atoms. The van der Waals surface area contributed by atoms with Crippen molar-refractivity contribution in [3.63, 3.8) is 0 Å². The molecule has 2 heterocycles. The molecular weight excluding hydrogens is 224 g/mol. The number of anilines is 1. The van der Waals surface area contributed by atoms with Crippen LogP contribution in [0.3, 0.4) is 0 Å². The molecule has 4 nitrogen and oxygen atoms in total. The molecule has 0 unspecified atom stereocenters. The predicted molar refractivity (Wildman–Crippen MR) is 62.9 cm³/mol.